The maximum absolute atomic E-state index is 6.17. The summed E-state index contributed by atoms with van der Waals surface area (Å²) < 4.78 is 11.2. The number of rotatable bonds is 8. The third-order valence-electron chi connectivity index (χ3n) is 4.17. The number of hydrogen-bond acceptors (Lipinski definition) is 3. The Morgan fingerprint density at radius 1 is 0.852 bits per heavy atom. The maximum Gasteiger partial charge on any atom is 0.123 e. The number of ether oxygens (including phenoxy) is 2. The minimum absolute atomic E-state index is 0.404. The first-order valence-electron chi connectivity index (χ1n) is 8.64. The molecule has 0 spiro atoms. The van der Waals surface area contributed by atoms with Gasteiger partial charge >= 0.3 is 0 Å². The van der Waals surface area contributed by atoms with E-state index < -0.39 is 0 Å². The zero-order valence-electron chi connectivity index (χ0n) is 15.0. The molecule has 0 aliphatic carbocycles. The summed E-state index contributed by atoms with van der Waals surface area (Å²) in [5.74, 6) is 1.70. The molecule has 0 aliphatic rings. The first-order chi connectivity index (χ1) is 13.2. The van der Waals surface area contributed by atoms with Gasteiger partial charge in [0.15, 0.2) is 0 Å². The Morgan fingerprint density at radius 3 is 2.37 bits per heavy atom. The zero-order chi connectivity index (χ0) is 19.1. The quantitative estimate of drug-likeness (QED) is 0.511. The van der Waals surface area contributed by atoms with Gasteiger partial charge in [0.25, 0.3) is 0 Å². The minimum Gasteiger partial charge on any atom is -0.496 e. The number of hydrogen-bond donors (Lipinski definition) is 1. The highest BCUT2D eigenvalue weighted by atomic mass is 35.5. The monoisotopic (exact) mass is 401 g/mol. The molecule has 0 atom stereocenters. The molecule has 27 heavy (non-hydrogen) atoms. The average Bonchev–Trinajstić information content (AvgIpc) is 2.69. The molecule has 0 bridgehead atoms. The highest BCUT2D eigenvalue weighted by Gasteiger charge is 2.04. The topological polar surface area (TPSA) is 30.5 Å². The fourth-order valence-electron chi connectivity index (χ4n) is 2.69. The SMILES string of the molecule is COc1ccccc1CNCc1ccc(OCc2ccc(Cl)cc2Cl)cc1. The van der Waals surface area contributed by atoms with Crippen molar-refractivity contribution in [3.05, 3.63) is 93.5 Å². The Balaban J connectivity index is 1.50. The molecule has 1 N–H and O–H groups in total. The molecule has 3 aromatic rings. The second-order valence-electron chi connectivity index (χ2n) is 6.08. The Hall–Kier alpha value is -2.20. The van der Waals surface area contributed by atoms with Crippen LogP contribution in [-0.4, -0.2) is 7.11 Å². The molecular formula is C22H21Cl2NO2. The molecule has 0 unspecified atom stereocenters. The van der Waals surface area contributed by atoms with Gasteiger partial charge in [-0.3, -0.25) is 0 Å². The van der Waals surface area contributed by atoms with Crippen LogP contribution < -0.4 is 14.8 Å². The summed E-state index contributed by atoms with van der Waals surface area (Å²) in [6.45, 7) is 1.92. The molecule has 0 radical (unpaired) electrons. The molecule has 0 aromatic heterocycles. The van der Waals surface area contributed by atoms with E-state index >= 15 is 0 Å². The van der Waals surface area contributed by atoms with E-state index in [1.807, 2.05) is 54.6 Å². The molecule has 0 fully saturated rings. The van der Waals surface area contributed by atoms with Crippen LogP contribution in [0, 0.1) is 0 Å². The molecule has 3 rings (SSSR count). The van der Waals surface area contributed by atoms with E-state index in [-0.39, 0.29) is 0 Å². The van der Waals surface area contributed by atoms with Gasteiger partial charge in [0, 0.05) is 34.3 Å². The molecule has 0 amide bonds. The Kier molecular flexibility index (Phi) is 6.99. The third-order valence-corrected chi connectivity index (χ3v) is 4.76. The van der Waals surface area contributed by atoms with Crippen LogP contribution in [0.1, 0.15) is 16.7 Å². The Bertz CT molecular complexity index is 882. The molecule has 3 nitrogen and oxygen atoms in total. The summed E-state index contributed by atoms with van der Waals surface area (Å²) >= 11 is 12.1. The highest BCUT2D eigenvalue weighted by molar-refractivity contribution is 6.35. The van der Waals surface area contributed by atoms with Crippen molar-refractivity contribution in [2.24, 2.45) is 0 Å². The van der Waals surface area contributed by atoms with Crippen LogP contribution in [0.3, 0.4) is 0 Å². The molecule has 140 valence electrons. The fourth-order valence-corrected chi connectivity index (χ4v) is 3.16. The van der Waals surface area contributed by atoms with E-state index in [1.165, 1.54) is 5.56 Å². The van der Waals surface area contributed by atoms with Crippen LogP contribution in [0.4, 0.5) is 0 Å². The molecule has 0 aliphatic heterocycles. The minimum atomic E-state index is 0.404. The molecule has 0 heterocycles. The lowest BCUT2D eigenvalue weighted by Crippen LogP contribution is -2.13. The third kappa shape index (κ3) is 5.64. The highest BCUT2D eigenvalue weighted by Crippen LogP contribution is 2.23. The normalized spacial score (nSPS) is 10.6. The van der Waals surface area contributed by atoms with Crippen molar-refractivity contribution in [2.75, 3.05) is 7.11 Å². The van der Waals surface area contributed by atoms with Crippen molar-refractivity contribution < 1.29 is 9.47 Å². The van der Waals surface area contributed by atoms with Crippen molar-refractivity contribution in [2.45, 2.75) is 19.7 Å². The predicted molar refractivity (Wildman–Crippen MR) is 111 cm³/mol. The summed E-state index contributed by atoms with van der Waals surface area (Å²) in [6.07, 6.45) is 0. The van der Waals surface area contributed by atoms with Crippen LogP contribution in [-0.2, 0) is 19.7 Å². The molecule has 5 heteroatoms. The van der Waals surface area contributed by atoms with Crippen molar-refractivity contribution in [1.29, 1.82) is 0 Å². The lowest BCUT2D eigenvalue weighted by Gasteiger charge is -2.11. The van der Waals surface area contributed by atoms with Gasteiger partial charge in [0.05, 0.1) is 7.11 Å². The van der Waals surface area contributed by atoms with Gasteiger partial charge in [-0.25, -0.2) is 0 Å². The lowest BCUT2D eigenvalue weighted by molar-refractivity contribution is 0.306. The van der Waals surface area contributed by atoms with Gasteiger partial charge in [-0.2, -0.15) is 0 Å². The maximum atomic E-state index is 6.17. The van der Waals surface area contributed by atoms with Crippen LogP contribution in [0.2, 0.25) is 10.0 Å². The van der Waals surface area contributed by atoms with E-state index in [4.69, 9.17) is 32.7 Å². The van der Waals surface area contributed by atoms with Gasteiger partial charge in [0.2, 0.25) is 0 Å². The first-order valence-corrected chi connectivity index (χ1v) is 9.39. The number of para-hydroxylation sites is 1. The predicted octanol–water partition coefficient (Wildman–Crippen LogP) is 5.87. The van der Waals surface area contributed by atoms with Crippen LogP contribution in [0.15, 0.2) is 66.7 Å². The van der Waals surface area contributed by atoms with Crippen LogP contribution in [0.25, 0.3) is 0 Å². The second kappa shape index (κ2) is 9.65. The summed E-state index contributed by atoms with van der Waals surface area (Å²) in [6, 6.07) is 21.4. The molecule has 0 saturated carbocycles. The van der Waals surface area contributed by atoms with E-state index in [0.29, 0.717) is 16.7 Å². The summed E-state index contributed by atoms with van der Waals surface area (Å²) in [7, 11) is 1.69. The number of methoxy groups -OCH3 is 1. The summed E-state index contributed by atoms with van der Waals surface area (Å²) in [5.41, 5.74) is 3.23. The van der Waals surface area contributed by atoms with Crippen LogP contribution in [0.5, 0.6) is 11.5 Å². The second-order valence-corrected chi connectivity index (χ2v) is 6.93. The van der Waals surface area contributed by atoms with Crippen molar-refractivity contribution in [1.82, 2.24) is 5.32 Å². The van der Waals surface area contributed by atoms with Crippen LogP contribution >= 0.6 is 23.2 Å². The number of nitrogens with one attached hydrogen (secondary N) is 1. The standard InChI is InChI=1S/C22H21Cl2NO2/c1-26-22-5-3-2-4-17(22)14-25-13-16-6-10-20(11-7-16)27-15-18-8-9-19(23)12-21(18)24/h2-12,25H,13-15H2,1H3. The van der Waals surface area contributed by atoms with E-state index in [0.717, 1.165) is 35.7 Å². The van der Waals surface area contributed by atoms with Crippen molar-refractivity contribution in [3.8, 4) is 11.5 Å². The molecule has 3 aromatic carbocycles. The van der Waals surface area contributed by atoms with E-state index in [2.05, 4.69) is 11.4 Å². The fraction of sp³-hybridized carbons (Fsp3) is 0.182. The van der Waals surface area contributed by atoms with Crippen molar-refractivity contribution >= 4 is 23.2 Å². The molecule has 0 saturated heterocycles. The van der Waals surface area contributed by atoms with E-state index in [9.17, 15) is 0 Å². The first kappa shape index (κ1) is 19.6. The smallest absolute Gasteiger partial charge is 0.123 e. The Labute approximate surface area is 169 Å². The van der Waals surface area contributed by atoms with Gasteiger partial charge < -0.3 is 14.8 Å². The summed E-state index contributed by atoms with van der Waals surface area (Å²) in [5, 5.41) is 4.66. The number of halogens is 2. The Morgan fingerprint density at radius 2 is 1.63 bits per heavy atom. The van der Waals surface area contributed by atoms with Gasteiger partial charge in [0.1, 0.15) is 18.1 Å². The van der Waals surface area contributed by atoms with Gasteiger partial charge in [-0.1, -0.05) is 59.6 Å². The average molecular weight is 402 g/mol. The van der Waals surface area contributed by atoms with Crippen molar-refractivity contribution in [3.63, 3.8) is 0 Å². The van der Waals surface area contributed by atoms with Gasteiger partial charge in [-0.05, 0) is 35.9 Å². The van der Waals surface area contributed by atoms with E-state index in [1.54, 1.807) is 13.2 Å². The lowest BCUT2D eigenvalue weighted by atomic mass is 10.2. The number of benzene rings is 3. The summed E-state index contributed by atoms with van der Waals surface area (Å²) in [4.78, 5) is 0. The largest absolute Gasteiger partial charge is 0.496 e. The molecular weight excluding hydrogens is 381 g/mol. The van der Waals surface area contributed by atoms with Gasteiger partial charge in [-0.15, -0.1) is 0 Å². The zero-order valence-corrected chi connectivity index (χ0v) is 16.6.